The Morgan fingerprint density at radius 3 is 2.47 bits per heavy atom. The zero-order valence-corrected chi connectivity index (χ0v) is 19.2. The van der Waals surface area contributed by atoms with Crippen LogP contribution in [0.15, 0.2) is 36.4 Å². The molecule has 2 amide bonds. The third-order valence-electron chi connectivity index (χ3n) is 6.28. The predicted octanol–water partition coefficient (Wildman–Crippen LogP) is 4.30. The van der Waals surface area contributed by atoms with Crippen molar-refractivity contribution in [1.29, 1.82) is 0 Å². The van der Waals surface area contributed by atoms with Gasteiger partial charge < -0.3 is 19.3 Å². The molecule has 0 unspecified atom stereocenters. The minimum atomic E-state index is 0.0406. The second kappa shape index (κ2) is 9.74. The summed E-state index contributed by atoms with van der Waals surface area (Å²) in [6, 6.07) is 12.0. The summed E-state index contributed by atoms with van der Waals surface area (Å²) in [6.45, 7) is 8.86. The Kier molecular flexibility index (Phi) is 6.80. The molecule has 2 heterocycles. The number of amides is 2. The van der Waals surface area contributed by atoms with Crippen molar-refractivity contribution in [2.24, 2.45) is 0 Å². The van der Waals surface area contributed by atoms with Gasteiger partial charge in [0.15, 0.2) is 0 Å². The number of morpholine rings is 1. The van der Waals surface area contributed by atoms with E-state index in [1.165, 1.54) is 0 Å². The Balaban J connectivity index is 1.68. The zero-order chi connectivity index (χ0) is 22.7. The Morgan fingerprint density at radius 1 is 1.09 bits per heavy atom. The summed E-state index contributed by atoms with van der Waals surface area (Å²) in [5.74, 6) is 0.951. The molecule has 0 spiro atoms. The number of hydrogen-bond acceptors (Lipinski definition) is 4. The molecule has 2 aliphatic rings. The van der Waals surface area contributed by atoms with Crippen LogP contribution in [0.25, 0.3) is 11.1 Å². The van der Waals surface area contributed by atoms with E-state index in [9.17, 15) is 9.59 Å². The van der Waals surface area contributed by atoms with Crippen molar-refractivity contribution < 1.29 is 19.1 Å². The highest BCUT2D eigenvalue weighted by Gasteiger charge is 2.30. The minimum Gasteiger partial charge on any atom is -0.493 e. The van der Waals surface area contributed by atoms with Crippen molar-refractivity contribution >= 4 is 17.5 Å². The summed E-state index contributed by atoms with van der Waals surface area (Å²) in [5, 5.41) is 0. The highest BCUT2D eigenvalue weighted by Crippen LogP contribution is 2.43. The summed E-state index contributed by atoms with van der Waals surface area (Å²) in [6.07, 6.45) is 2.69. The fraction of sp³-hybridized carbons (Fsp3) is 0.462. The number of ether oxygens (including phenoxy) is 2. The summed E-state index contributed by atoms with van der Waals surface area (Å²) in [4.78, 5) is 28.8. The number of anilines is 1. The van der Waals surface area contributed by atoms with Crippen LogP contribution < -0.4 is 9.64 Å². The molecular weight excluding hydrogens is 404 g/mol. The van der Waals surface area contributed by atoms with Gasteiger partial charge in [-0.05, 0) is 56.0 Å². The van der Waals surface area contributed by atoms with E-state index in [2.05, 4.69) is 13.8 Å². The van der Waals surface area contributed by atoms with E-state index in [1.807, 2.05) is 46.2 Å². The first kappa shape index (κ1) is 22.3. The molecule has 32 heavy (non-hydrogen) atoms. The third kappa shape index (κ3) is 4.37. The van der Waals surface area contributed by atoms with Crippen LogP contribution in [0.5, 0.6) is 5.75 Å². The number of fused-ring (bicyclic) bond motifs is 1. The lowest BCUT2D eigenvalue weighted by atomic mass is 9.91. The zero-order valence-electron chi connectivity index (χ0n) is 19.2. The quantitative estimate of drug-likeness (QED) is 0.701. The van der Waals surface area contributed by atoms with Crippen LogP contribution >= 0.6 is 0 Å². The van der Waals surface area contributed by atoms with Crippen molar-refractivity contribution in [2.75, 3.05) is 37.8 Å². The first-order chi connectivity index (χ1) is 15.5. The van der Waals surface area contributed by atoms with Crippen LogP contribution in [0.3, 0.4) is 0 Å². The van der Waals surface area contributed by atoms with Crippen molar-refractivity contribution in [2.45, 2.75) is 46.1 Å². The highest BCUT2D eigenvalue weighted by molar-refractivity contribution is 5.96. The average Bonchev–Trinajstić information content (AvgIpc) is 2.82. The average molecular weight is 437 g/mol. The maximum atomic E-state index is 12.8. The topological polar surface area (TPSA) is 59.1 Å². The van der Waals surface area contributed by atoms with Gasteiger partial charge in [-0.25, -0.2) is 0 Å². The molecular formula is C26H32N2O4. The first-order valence-corrected chi connectivity index (χ1v) is 11.6. The largest absolute Gasteiger partial charge is 0.493 e. The van der Waals surface area contributed by atoms with Gasteiger partial charge in [-0.2, -0.15) is 0 Å². The van der Waals surface area contributed by atoms with Crippen LogP contribution in [-0.4, -0.2) is 55.7 Å². The van der Waals surface area contributed by atoms with Gasteiger partial charge >= 0.3 is 0 Å². The second-order valence-electron chi connectivity index (χ2n) is 8.55. The lowest BCUT2D eigenvalue weighted by Crippen LogP contribution is -2.40. The second-order valence-corrected chi connectivity index (χ2v) is 8.55. The van der Waals surface area contributed by atoms with Crippen LogP contribution in [-0.2, 0) is 16.0 Å². The Bertz CT molecular complexity index is 980. The third-order valence-corrected chi connectivity index (χ3v) is 6.28. The lowest BCUT2D eigenvalue weighted by molar-refractivity contribution is -0.117. The molecule has 0 saturated carbocycles. The molecule has 1 fully saturated rings. The van der Waals surface area contributed by atoms with Crippen LogP contribution in [0.2, 0.25) is 0 Å². The number of carbonyl (C=O) groups is 2. The van der Waals surface area contributed by atoms with Crippen molar-refractivity contribution in [1.82, 2.24) is 4.90 Å². The molecule has 6 nitrogen and oxygen atoms in total. The minimum absolute atomic E-state index is 0.0406. The predicted molar refractivity (Wildman–Crippen MR) is 125 cm³/mol. The fourth-order valence-corrected chi connectivity index (χ4v) is 4.62. The van der Waals surface area contributed by atoms with E-state index in [0.717, 1.165) is 47.4 Å². The molecule has 4 rings (SSSR count). The maximum absolute atomic E-state index is 12.8. The van der Waals surface area contributed by atoms with E-state index in [1.54, 1.807) is 6.92 Å². The molecule has 0 radical (unpaired) electrons. The van der Waals surface area contributed by atoms with Crippen molar-refractivity contribution in [3.8, 4) is 16.9 Å². The molecule has 6 heteroatoms. The number of hydrogen-bond donors (Lipinski definition) is 0. The molecule has 0 aliphatic carbocycles. The highest BCUT2D eigenvalue weighted by atomic mass is 16.5. The molecule has 2 aliphatic heterocycles. The normalized spacial score (nSPS) is 18.3. The summed E-state index contributed by atoms with van der Waals surface area (Å²) < 4.78 is 11.6. The van der Waals surface area contributed by atoms with E-state index in [0.29, 0.717) is 38.5 Å². The van der Waals surface area contributed by atoms with E-state index in [4.69, 9.17) is 9.47 Å². The summed E-state index contributed by atoms with van der Waals surface area (Å²) in [7, 11) is 0. The van der Waals surface area contributed by atoms with Crippen molar-refractivity contribution in [3.63, 3.8) is 0 Å². The molecule has 1 atom stereocenters. The van der Waals surface area contributed by atoms with E-state index in [-0.39, 0.29) is 17.9 Å². The van der Waals surface area contributed by atoms with Gasteiger partial charge in [-0.1, -0.05) is 19.1 Å². The molecule has 2 aromatic carbocycles. The molecule has 170 valence electrons. The molecule has 2 aromatic rings. The standard InChI is InChI=1S/C26H32N2O4/c1-4-15-32-25-22(11-12-24-23(25)10-5-18(2)28(24)19(3)29)20-6-8-21(9-7-20)26(30)27-13-16-31-17-14-27/h6-9,11-12,18H,4-5,10,13-17H2,1-3H3/t18-/m0/s1. The number of rotatable bonds is 5. The van der Waals surface area contributed by atoms with E-state index < -0.39 is 0 Å². The van der Waals surface area contributed by atoms with Gasteiger partial charge in [0.05, 0.1) is 25.5 Å². The summed E-state index contributed by atoms with van der Waals surface area (Å²) in [5.41, 5.74) is 4.73. The number of carbonyl (C=O) groups excluding carboxylic acids is 2. The maximum Gasteiger partial charge on any atom is 0.254 e. The monoisotopic (exact) mass is 436 g/mol. The Labute approximate surface area is 190 Å². The van der Waals surface area contributed by atoms with Gasteiger partial charge in [0.2, 0.25) is 5.91 Å². The van der Waals surface area contributed by atoms with Crippen LogP contribution in [0.4, 0.5) is 5.69 Å². The Hall–Kier alpha value is -2.86. The molecule has 0 bridgehead atoms. The van der Waals surface area contributed by atoms with Crippen molar-refractivity contribution in [3.05, 3.63) is 47.5 Å². The first-order valence-electron chi connectivity index (χ1n) is 11.6. The fourth-order valence-electron chi connectivity index (χ4n) is 4.62. The molecule has 0 aromatic heterocycles. The van der Waals surface area contributed by atoms with Gasteiger partial charge in [0.1, 0.15) is 5.75 Å². The van der Waals surface area contributed by atoms with Gasteiger partial charge in [0, 0.05) is 42.7 Å². The smallest absolute Gasteiger partial charge is 0.254 e. The van der Waals surface area contributed by atoms with Crippen LogP contribution in [0.1, 0.15) is 49.5 Å². The SMILES string of the molecule is CCCOc1c(-c2ccc(C(=O)N3CCOCC3)cc2)ccc2c1CC[C@H](C)N2C(C)=O. The Morgan fingerprint density at radius 2 is 1.81 bits per heavy atom. The number of nitrogens with zero attached hydrogens (tertiary/aromatic N) is 2. The number of benzene rings is 2. The van der Waals surface area contributed by atoms with Crippen LogP contribution in [0, 0.1) is 0 Å². The molecule has 0 N–H and O–H groups in total. The van der Waals surface area contributed by atoms with Gasteiger partial charge in [-0.3, -0.25) is 9.59 Å². The van der Waals surface area contributed by atoms with Gasteiger partial charge in [-0.15, -0.1) is 0 Å². The lowest BCUT2D eigenvalue weighted by Gasteiger charge is -2.36. The summed E-state index contributed by atoms with van der Waals surface area (Å²) >= 11 is 0. The van der Waals surface area contributed by atoms with Gasteiger partial charge in [0.25, 0.3) is 5.91 Å². The molecule has 1 saturated heterocycles. The van der Waals surface area contributed by atoms with E-state index >= 15 is 0 Å².